The number of anilines is 2. The van der Waals surface area contributed by atoms with Crippen LogP contribution < -0.4 is 4.90 Å². The van der Waals surface area contributed by atoms with Crippen molar-refractivity contribution in [3.63, 3.8) is 0 Å². The van der Waals surface area contributed by atoms with Crippen LogP contribution in [-0.4, -0.2) is 7.05 Å². The van der Waals surface area contributed by atoms with E-state index < -0.39 is 0 Å². The van der Waals surface area contributed by atoms with Gasteiger partial charge in [-0.05, 0) is 111 Å². The van der Waals surface area contributed by atoms with Gasteiger partial charge < -0.3 is 4.90 Å². The second-order valence-electron chi connectivity index (χ2n) is 13.0. The van der Waals surface area contributed by atoms with Crippen LogP contribution in [0.25, 0.3) is 33.0 Å². The van der Waals surface area contributed by atoms with E-state index in [-0.39, 0.29) is 10.8 Å². The number of hydrogen-bond donors (Lipinski definition) is 0. The van der Waals surface area contributed by atoms with E-state index in [2.05, 4.69) is 124 Å². The molecule has 0 N–H and O–H groups in total. The predicted octanol–water partition coefficient (Wildman–Crippen LogP) is 10.5. The molecular formula is C39H37N. The Labute approximate surface area is 238 Å². The maximum absolute atomic E-state index is 2.64. The lowest BCUT2D eigenvalue weighted by Crippen LogP contribution is -2.28. The van der Waals surface area contributed by atoms with Gasteiger partial charge in [0.2, 0.25) is 0 Å². The van der Waals surface area contributed by atoms with Crippen molar-refractivity contribution in [3.05, 3.63) is 119 Å². The topological polar surface area (TPSA) is 3.24 Å². The Morgan fingerprint density at radius 3 is 2.10 bits per heavy atom. The summed E-state index contributed by atoms with van der Waals surface area (Å²) in [4.78, 5) is 2.35. The van der Waals surface area contributed by atoms with Crippen LogP contribution in [0.1, 0.15) is 73.8 Å². The molecule has 40 heavy (non-hydrogen) atoms. The molecule has 0 atom stereocenters. The lowest BCUT2D eigenvalue weighted by atomic mass is 9.67. The zero-order valence-corrected chi connectivity index (χ0v) is 24.1. The van der Waals surface area contributed by atoms with Gasteiger partial charge in [0, 0.05) is 29.3 Å². The molecule has 3 aliphatic carbocycles. The number of fused-ring (bicyclic) bond motifs is 10. The van der Waals surface area contributed by atoms with Gasteiger partial charge in [-0.2, -0.15) is 0 Å². The number of rotatable bonds is 2. The fourth-order valence-corrected chi connectivity index (χ4v) is 8.30. The van der Waals surface area contributed by atoms with E-state index in [1.807, 2.05) is 0 Å². The lowest BCUT2D eigenvalue weighted by molar-refractivity contribution is 0.353. The van der Waals surface area contributed by atoms with E-state index in [1.54, 1.807) is 11.1 Å². The Bertz CT molecular complexity index is 1820. The summed E-state index contributed by atoms with van der Waals surface area (Å²) in [6, 6.07) is 35.1. The van der Waals surface area contributed by atoms with Gasteiger partial charge in [-0.25, -0.2) is 0 Å². The molecule has 0 radical (unpaired) electrons. The van der Waals surface area contributed by atoms with E-state index in [9.17, 15) is 0 Å². The smallest absolute Gasteiger partial charge is 0.0411 e. The predicted molar refractivity (Wildman–Crippen MR) is 170 cm³/mol. The third kappa shape index (κ3) is 3.15. The van der Waals surface area contributed by atoms with Gasteiger partial charge in [0.15, 0.2) is 0 Å². The summed E-state index contributed by atoms with van der Waals surface area (Å²) >= 11 is 0. The number of hydrogen-bond acceptors (Lipinski definition) is 1. The van der Waals surface area contributed by atoms with Crippen LogP contribution >= 0.6 is 0 Å². The second-order valence-corrected chi connectivity index (χ2v) is 13.0. The average molecular weight is 520 g/mol. The minimum Gasteiger partial charge on any atom is -0.345 e. The minimum absolute atomic E-state index is 0.0161. The first-order valence-electron chi connectivity index (χ1n) is 15.1. The van der Waals surface area contributed by atoms with E-state index in [0.717, 1.165) is 0 Å². The van der Waals surface area contributed by atoms with Crippen LogP contribution in [-0.2, 0) is 10.8 Å². The molecule has 1 spiro atoms. The molecule has 1 fully saturated rings. The fraction of sp³-hybridized carbons (Fsp3) is 0.282. The Balaban J connectivity index is 1.35. The zero-order chi connectivity index (χ0) is 27.2. The summed E-state index contributed by atoms with van der Waals surface area (Å²) in [7, 11) is 2.21. The molecule has 0 aliphatic heterocycles. The molecule has 0 heterocycles. The SMILES string of the molecule is Cc1ccc(N(C)c2ccc3c(c2)C2(CCCCC2)c2cc4c(cc2-3)C(C)(C)c2ccc3ccccc3c2-4)cc1. The molecule has 0 unspecified atom stereocenters. The highest BCUT2D eigenvalue weighted by Crippen LogP contribution is 2.60. The van der Waals surface area contributed by atoms with E-state index in [4.69, 9.17) is 0 Å². The van der Waals surface area contributed by atoms with Crippen molar-refractivity contribution in [1.29, 1.82) is 0 Å². The van der Waals surface area contributed by atoms with Gasteiger partial charge in [0.05, 0.1) is 0 Å². The van der Waals surface area contributed by atoms with E-state index in [1.165, 1.54) is 93.2 Å². The van der Waals surface area contributed by atoms with Crippen molar-refractivity contribution in [3.8, 4) is 22.3 Å². The fourth-order valence-electron chi connectivity index (χ4n) is 8.30. The Morgan fingerprint density at radius 1 is 0.600 bits per heavy atom. The largest absolute Gasteiger partial charge is 0.345 e. The monoisotopic (exact) mass is 519 g/mol. The molecule has 0 amide bonds. The summed E-state index contributed by atoms with van der Waals surface area (Å²) < 4.78 is 0. The van der Waals surface area contributed by atoms with Crippen molar-refractivity contribution in [2.45, 2.75) is 63.7 Å². The van der Waals surface area contributed by atoms with Crippen molar-refractivity contribution < 1.29 is 0 Å². The molecule has 3 aliphatic rings. The van der Waals surface area contributed by atoms with Crippen molar-refractivity contribution in [2.75, 3.05) is 11.9 Å². The first-order valence-corrected chi connectivity index (χ1v) is 15.1. The Kier molecular flexibility index (Phi) is 5.00. The van der Waals surface area contributed by atoms with E-state index in [0.29, 0.717) is 0 Å². The maximum Gasteiger partial charge on any atom is 0.0411 e. The summed E-state index contributed by atoms with van der Waals surface area (Å²) in [5, 5.41) is 2.73. The molecule has 0 saturated heterocycles. The highest BCUT2D eigenvalue weighted by Gasteiger charge is 2.46. The molecule has 1 nitrogen and oxygen atoms in total. The standard InChI is InChI=1S/C39H37N/c1-25-12-15-27(16-13-25)40(4)28-17-18-30-31-23-34-32(24-36(31)39(35(30)22-28)20-8-5-9-21-39)37-29-11-7-6-10-26(29)14-19-33(37)38(34,2)3/h6-7,10-19,22-24H,5,8-9,20-21H2,1-4H3. The highest BCUT2D eigenvalue weighted by atomic mass is 15.1. The van der Waals surface area contributed by atoms with Crippen LogP contribution in [0.5, 0.6) is 0 Å². The molecular weight excluding hydrogens is 482 g/mol. The number of nitrogens with zero attached hydrogens (tertiary/aromatic N) is 1. The van der Waals surface area contributed by atoms with Crippen molar-refractivity contribution in [1.82, 2.24) is 0 Å². The summed E-state index contributed by atoms with van der Waals surface area (Å²) in [5.74, 6) is 0. The van der Waals surface area contributed by atoms with Crippen LogP contribution in [0.3, 0.4) is 0 Å². The van der Waals surface area contributed by atoms with Crippen LogP contribution in [0.15, 0.2) is 91.0 Å². The van der Waals surface area contributed by atoms with Crippen LogP contribution in [0.4, 0.5) is 11.4 Å². The van der Waals surface area contributed by atoms with Crippen LogP contribution in [0, 0.1) is 6.92 Å². The third-order valence-corrected chi connectivity index (χ3v) is 10.5. The van der Waals surface area contributed by atoms with Gasteiger partial charge in [-0.15, -0.1) is 0 Å². The van der Waals surface area contributed by atoms with Crippen molar-refractivity contribution in [2.24, 2.45) is 0 Å². The van der Waals surface area contributed by atoms with Gasteiger partial charge >= 0.3 is 0 Å². The van der Waals surface area contributed by atoms with Crippen molar-refractivity contribution >= 4 is 22.1 Å². The van der Waals surface area contributed by atoms with Gasteiger partial charge in [0.25, 0.3) is 0 Å². The highest BCUT2D eigenvalue weighted by molar-refractivity contribution is 6.03. The second kappa shape index (κ2) is 8.33. The van der Waals surface area contributed by atoms with Crippen LogP contribution in [0.2, 0.25) is 0 Å². The molecule has 0 bridgehead atoms. The number of benzene rings is 5. The lowest BCUT2D eigenvalue weighted by Gasteiger charge is -2.36. The van der Waals surface area contributed by atoms with Gasteiger partial charge in [-0.3, -0.25) is 0 Å². The maximum atomic E-state index is 2.64. The third-order valence-electron chi connectivity index (χ3n) is 10.5. The molecule has 8 rings (SSSR count). The van der Waals surface area contributed by atoms with Gasteiger partial charge in [0.1, 0.15) is 0 Å². The Hall–Kier alpha value is -3.84. The normalized spacial score (nSPS) is 17.4. The molecule has 1 saturated carbocycles. The zero-order valence-electron chi connectivity index (χ0n) is 24.1. The number of aryl methyl sites for hydroxylation is 1. The first kappa shape index (κ1) is 24.0. The molecule has 1 heteroatoms. The van der Waals surface area contributed by atoms with E-state index >= 15 is 0 Å². The molecule has 0 aromatic heterocycles. The summed E-state index contributed by atoms with van der Waals surface area (Å²) in [5.41, 5.74) is 15.9. The average Bonchev–Trinajstić information content (AvgIpc) is 3.37. The molecule has 5 aromatic carbocycles. The summed E-state index contributed by atoms with van der Waals surface area (Å²) in [6.07, 6.45) is 6.45. The summed E-state index contributed by atoms with van der Waals surface area (Å²) in [6.45, 7) is 7.00. The molecule has 5 aromatic rings. The first-order chi connectivity index (χ1) is 19.4. The quantitative estimate of drug-likeness (QED) is 0.224. The van der Waals surface area contributed by atoms with Gasteiger partial charge in [-0.1, -0.05) is 93.3 Å². The minimum atomic E-state index is -0.0161. The Morgan fingerprint density at radius 2 is 1.30 bits per heavy atom. The molecule has 198 valence electrons.